The number of hydrogen-bond donors (Lipinski definition) is 1. The summed E-state index contributed by atoms with van der Waals surface area (Å²) in [5.74, 6) is 0.587. The molecule has 0 fully saturated rings. The average Bonchev–Trinajstić information content (AvgIpc) is 2.20. The molecule has 0 amide bonds. The van der Waals surface area contributed by atoms with Gasteiger partial charge in [0.05, 0.1) is 0 Å². The molecule has 108 valence electrons. The number of aromatic nitrogens is 2. The van der Waals surface area contributed by atoms with Crippen molar-refractivity contribution in [3.8, 4) is 0 Å². The van der Waals surface area contributed by atoms with E-state index in [0.29, 0.717) is 11.2 Å². The third kappa shape index (κ3) is 6.39. The summed E-state index contributed by atoms with van der Waals surface area (Å²) in [7, 11) is 0. The lowest BCUT2D eigenvalue weighted by molar-refractivity contribution is 0.407. The van der Waals surface area contributed by atoms with Gasteiger partial charge in [-0.15, -0.1) is 0 Å². The van der Waals surface area contributed by atoms with E-state index in [4.69, 9.17) is 0 Å². The molecule has 4 heteroatoms. The van der Waals surface area contributed by atoms with Gasteiger partial charge in [0, 0.05) is 28.7 Å². The summed E-state index contributed by atoms with van der Waals surface area (Å²) in [5, 5.41) is 4.96. The number of nitrogens with one attached hydrogen (secondary N) is 1. The maximum absolute atomic E-state index is 4.52. The summed E-state index contributed by atoms with van der Waals surface area (Å²) >= 11 is 1.78. The van der Waals surface area contributed by atoms with Crippen molar-refractivity contribution in [1.82, 2.24) is 15.3 Å². The van der Waals surface area contributed by atoms with Crippen LogP contribution in [0.1, 0.15) is 46.0 Å². The minimum atomic E-state index is 0.150. The number of hydrogen-bond acceptors (Lipinski definition) is 4. The fraction of sp³-hybridized carbons (Fsp3) is 0.733. The van der Waals surface area contributed by atoms with Crippen molar-refractivity contribution in [2.75, 3.05) is 6.54 Å². The molecular weight excluding hydrogens is 254 g/mol. The second kappa shape index (κ2) is 6.71. The molecule has 1 aromatic heterocycles. The Morgan fingerprint density at radius 3 is 2.11 bits per heavy atom. The lowest BCUT2D eigenvalue weighted by Crippen LogP contribution is -2.41. The van der Waals surface area contributed by atoms with Gasteiger partial charge in [0.25, 0.3) is 0 Å². The van der Waals surface area contributed by atoms with Crippen LogP contribution in [0.25, 0.3) is 0 Å². The predicted octanol–water partition coefficient (Wildman–Crippen LogP) is 3.60. The minimum Gasteiger partial charge on any atom is -0.311 e. The van der Waals surface area contributed by atoms with Crippen molar-refractivity contribution in [1.29, 1.82) is 0 Å². The fourth-order valence-corrected chi connectivity index (χ4v) is 2.80. The van der Waals surface area contributed by atoms with Gasteiger partial charge in [0.1, 0.15) is 0 Å². The first-order valence-corrected chi connectivity index (χ1v) is 7.79. The van der Waals surface area contributed by atoms with Gasteiger partial charge in [-0.05, 0) is 46.6 Å². The molecule has 0 aliphatic heterocycles. The Hall–Kier alpha value is -0.610. The van der Waals surface area contributed by atoms with E-state index in [0.717, 1.165) is 23.1 Å². The molecule has 0 saturated carbocycles. The van der Waals surface area contributed by atoms with Crippen molar-refractivity contribution in [2.24, 2.45) is 5.92 Å². The molecule has 0 radical (unpaired) electrons. The van der Waals surface area contributed by atoms with E-state index in [1.807, 2.05) is 19.9 Å². The van der Waals surface area contributed by atoms with Crippen LogP contribution in [0.5, 0.6) is 0 Å². The Morgan fingerprint density at radius 1 is 1.16 bits per heavy atom. The van der Waals surface area contributed by atoms with Crippen LogP contribution >= 0.6 is 11.8 Å². The predicted molar refractivity (Wildman–Crippen MR) is 83.7 cm³/mol. The van der Waals surface area contributed by atoms with E-state index in [1.54, 1.807) is 11.8 Å². The Morgan fingerprint density at radius 2 is 1.68 bits per heavy atom. The molecule has 1 rings (SSSR count). The van der Waals surface area contributed by atoms with Crippen LogP contribution in [-0.2, 0) is 0 Å². The standard InChI is InChI=1S/C15H27N3S/c1-10(2)13(9-16-15(5,6)7)19-14-17-11(3)8-12(4)18-14/h8,10,13,16H,9H2,1-7H3. The normalized spacial score (nSPS) is 13.9. The third-order valence-electron chi connectivity index (χ3n) is 2.80. The first-order valence-electron chi connectivity index (χ1n) is 6.91. The molecule has 19 heavy (non-hydrogen) atoms. The molecule has 3 nitrogen and oxygen atoms in total. The largest absolute Gasteiger partial charge is 0.311 e. The molecule has 0 aliphatic carbocycles. The summed E-state index contributed by atoms with van der Waals surface area (Å²) in [6.07, 6.45) is 0. The zero-order valence-corrected chi connectivity index (χ0v) is 14.1. The first-order chi connectivity index (χ1) is 8.67. The molecule has 0 spiro atoms. The Balaban J connectivity index is 2.72. The van der Waals surface area contributed by atoms with Crippen LogP contribution in [-0.4, -0.2) is 27.3 Å². The Labute approximate surface area is 122 Å². The summed E-state index contributed by atoms with van der Waals surface area (Å²) in [6.45, 7) is 16.1. The summed E-state index contributed by atoms with van der Waals surface area (Å²) in [5.41, 5.74) is 2.24. The first kappa shape index (κ1) is 16.4. The maximum Gasteiger partial charge on any atom is 0.188 e. The third-order valence-corrected chi connectivity index (χ3v) is 4.20. The van der Waals surface area contributed by atoms with Crippen molar-refractivity contribution in [2.45, 2.75) is 64.4 Å². The highest BCUT2D eigenvalue weighted by Gasteiger charge is 2.19. The number of rotatable bonds is 5. The highest BCUT2D eigenvalue weighted by atomic mass is 32.2. The summed E-state index contributed by atoms with van der Waals surface area (Å²) < 4.78 is 0. The fourth-order valence-electron chi connectivity index (χ4n) is 1.70. The van der Waals surface area contributed by atoms with Gasteiger partial charge in [-0.1, -0.05) is 25.6 Å². The second-order valence-electron chi connectivity index (χ2n) is 6.46. The number of aryl methyl sites for hydroxylation is 2. The van der Waals surface area contributed by atoms with Crippen LogP contribution in [0.3, 0.4) is 0 Å². The van der Waals surface area contributed by atoms with E-state index in [9.17, 15) is 0 Å². The maximum atomic E-state index is 4.52. The van der Waals surface area contributed by atoms with E-state index in [1.165, 1.54) is 0 Å². The smallest absolute Gasteiger partial charge is 0.188 e. The molecule has 1 N–H and O–H groups in total. The van der Waals surface area contributed by atoms with E-state index in [2.05, 4.69) is 49.9 Å². The van der Waals surface area contributed by atoms with E-state index < -0.39 is 0 Å². The number of nitrogens with zero attached hydrogens (tertiary/aromatic N) is 2. The zero-order valence-electron chi connectivity index (χ0n) is 13.2. The van der Waals surface area contributed by atoms with Gasteiger partial charge in [-0.3, -0.25) is 0 Å². The van der Waals surface area contributed by atoms with Crippen molar-refractivity contribution in [3.63, 3.8) is 0 Å². The van der Waals surface area contributed by atoms with Crippen LogP contribution in [0.15, 0.2) is 11.2 Å². The molecular formula is C15H27N3S. The molecule has 1 aromatic rings. The molecule has 1 heterocycles. The molecule has 1 atom stereocenters. The summed E-state index contributed by atoms with van der Waals surface area (Å²) in [4.78, 5) is 9.05. The lowest BCUT2D eigenvalue weighted by atomic mass is 10.1. The highest BCUT2D eigenvalue weighted by Crippen LogP contribution is 2.25. The Bertz CT molecular complexity index is 390. The molecule has 0 aromatic carbocycles. The highest BCUT2D eigenvalue weighted by molar-refractivity contribution is 7.99. The van der Waals surface area contributed by atoms with E-state index in [-0.39, 0.29) is 5.54 Å². The van der Waals surface area contributed by atoms with Crippen LogP contribution < -0.4 is 5.32 Å². The van der Waals surface area contributed by atoms with Gasteiger partial charge < -0.3 is 5.32 Å². The minimum absolute atomic E-state index is 0.150. The van der Waals surface area contributed by atoms with Gasteiger partial charge in [0.15, 0.2) is 5.16 Å². The molecule has 0 aliphatic rings. The van der Waals surface area contributed by atoms with Gasteiger partial charge in [-0.2, -0.15) is 0 Å². The quantitative estimate of drug-likeness (QED) is 0.661. The lowest BCUT2D eigenvalue weighted by Gasteiger charge is -2.26. The second-order valence-corrected chi connectivity index (χ2v) is 7.67. The molecule has 1 unspecified atom stereocenters. The zero-order chi connectivity index (χ0) is 14.6. The van der Waals surface area contributed by atoms with Crippen LogP contribution in [0.2, 0.25) is 0 Å². The van der Waals surface area contributed by atoms with Gasteiger partial charge >= 0.3 is 0 Å². The average molecular weight is 281 g/mol. The SMILES string of the molecule is Cc1cc(C)nc(SC(CNC(C)(C)C)C(C)C)n1. The van der Waals surface area contributed by atoms with Crippen molar-refractivity contribution < 1.29 is 0 Å². The van der Waals surface area contributed by atoms with Gasteiger partial charge in [-0.25, -0.2) is 9.97 Å². The van der Waals surface area contributed by atoms with Crippen LogP contribution in [0, 0.1) is 19.8 Å². The summed E-state index contributed by atoms with van der Waals surface area (Å²) in [6, 6.07) is 2.02. The van der Waals surface area contributed by atoms with Crippen LogP contribution in [0.4, 0.5) is 0 Å². The Kier molecular flexibility index (Phi) is 5.81. The number of thioether (sulfide) groups is 1. The van der Waals surface area contributed by atoms with Crippen molar-refractivity contribution in [3.05, 3.63) is 17.5 Å². The van der Waals surface area contributed by atoms with E-state index >= 15 is 0 Å². The molecule has 0 bridgehead atoms. The topological polar surface area (TPSA) is 37.8 Å². The molecule has 0 saturated heterocycles. The monoisotopic (exact) mass is 281 g/mol. The van der Waals surface area contributed by atoms with Crippen molar-refractivity contribution >= 4 is 11.8 Å². The van der Waals surface area contributed by atoms with Gasteiger partial charge in [0.2, 0.25) is 0 Å².